The van der Waals surface area contributed by atoms with Crippen molar-refractivity contribution in [3.05, 3.63) is 46.9 Å². The van der Waals surface area contributed by atoms with Gasteiger partial charge in [-0.15, -0.1) is 0 Å². The fourth-order valence-electron chi connectivity index (χ4n) is 2.08. The van der Waals surface area contributed by atoms with E-state index in [9.17, 15) is 13.2 Å². The third-order valence-corrected chi connectivity index (χ3v) is 5.42. The monoisotopic (exact) mass is 440 g/mol. The number of hydrogen-bond acceptors (Lipinski definition) is 4. The molecule has 0 saturated carbocycles. The van der Waals surface area contributed by atoms with Crippen molar-refractivity contribution in [1.82, 2.24) is 0 Å². The molecular formula is C18H21BrN2O4S. The fraction of sp³-hybridized carbons (Fsp3) is 0.278. The van der Waals surface area contributed by atoms with Crippen molar-refractivity contribution in [3.63, 3.8) is 0 Å². The van der Waals surface area contributed by atoms with Crippen LogP contribution >= 0.6 is 15.9 Å². The maximum Gasteiger partial charge on any atom is 0.261 e. The molecule has 2 aromatic carbocycles. The SMILES string of the molecule is CCOc1ccc(NS(=O)(=O)c2cccc(NC(=O)C(C)C)c2)cc1Br. The number of hydrogen-bond donors (Lipinski definition) is 2. The minimum Gasteiger partial charge on any atom is -0.493 e. The predicted octanol–water partition coefficient (Wildman–Crippen LogP) is 4.24. The van der Waals surface area contributed by atoms with Gasteiger partial charge in [0.15, 0.2) is 0 Å². The van der Waals surface area contributed by atoms with E-state index in [0.29, 0.717) is 28.2 Å². The highest BCUT2D eigenvalue weighted by Crippen LogP contribution is 2.29. The lowest BCUT2D eigenvalue weighted by Gasteiger charge is -2.12. The number of halogens is 1. The highest BCUT2D eigenvalue weighted by molar-refractivity contribution is 9.10. The van der Waals surface area contributed by atoms with E-state index in [0.717, 1.165) is 0 Å². The zero-order chi connectivity index (χ0) is 19.3. The van der Waals surface area contributed by atoms with E-state index < -0.39 is 10.0 Å². The quantitative estimate of drug-likeness (QED) is 0.673. The molecule has 2 N–H and O–H groups in total. The molecule has 140 valence electrons. The van der Waals surface area contributed by atoms with Crippen LogP contribution in [0.1, 0.15) is 20.8 Å². The number of rotatable bonds is 7. The van der Waals surface area contributed by atoms with Crippen LogP contribution < -0.4 is 14.8 Å². The van der Waals surface area contributed by atoms with Gasteiger partial charge in [-0.05, 0) is 59.3 Å². The first-order valence-electron chi connectivity index (χ1n) is 8.09. The Morgan fingerprint density at radius 1 is 1.15 bits per heavy atom. The number of sulfonamides is 1. The standard InChI is InChI=1S/C18H21BrN2O4S/c1-4-25-17-9-8-14(11-16(17)19)21-26(23,24)15-7-5-6-13(10-15)20-18(22)12(2)3/h5-12,21H,4H2,1-3H3,(H,20,22). The number of benzene rings is 2. The number of carbonyl (C=O) groups excluding carboxylic acids is 1. The smallest absolute Gasteiger partial charge is 0.261 e. The van der Waals surface area contributed by atoms with Crippen molar-refractivity contribution in [2.45, 2.75) is 25.7 Å². The first kappa shape index (κ1) is 20.3. The third kappa shape index (κ3) is 5.22. The van der Waals surface area contributed by atoms with Crippen LogP contribution in [-0.4, -0.2) is 20.9 Å². The Balaban J connectivity index is 2.22. The average Bonchev–Trinajstić information content (AvgIpc) is 2.57. The summed E-state index contributed by atoms with van der Waals surface area (Å²) in [6.45, 7) is 5.91. The third-order valence-electron chi connectivity index (χ3n) is 3.42. The van der Waals surface area contributed by atoms with E-state index in [-0.39, 0.29) is 16.7 Å². The van der Waals surface area contributed by atoms with Crippen LogP contribution in [0.4, 0.5) is 11.4 Å². The van der Waals surface area contributed by atoms with Crippen LogP contribution in [-0.2, 0) is 14.8 Å². The number of carbonyl (C=O) groups is 1. The van der Waals surface area contributed by atoms with Crippen LogP contribution in [0.5, 0.6) is 5.75 Å². The Labute approximate surface area is 162 Å². The van der Waals surface area contributed by atoms with Gasteiger partial charge in [0.2, 0.25) is 5.91 Å². The summed E-state index contributed by atoms with van der Waals surface area (Å²) in [5.74, 6) is 0.256. The van der Waals surface area contributed by atoms with E-state index in [1.807, 2.05) is 6.92 Å². The number of anilines is 2. The van der Waals surface area contributed by atoms with Gasteiger partial charge in [0, 0.05) is 11.6 Å². The Kier molecular flexibility index (Phi) is 6.66. The van der Waals surface area contributed by atoms with Crippen molar-refractivity contribution >= 4 is 43.2 Å². The predicted molar refractivity (Wildman–Crippen MR) is 106 cm³/mol. The van der Waals surface area contributed by atoms with Gasteiger partial charge in [0.25, 0.3) is 10.0 Å². The minimum absolute atomic E-state index is 0.0593. The summed E-state index contributed by atoms with van der Waals surface area (Å²) in [6.07, 6.45) is 0. The molecular weight excluding hydrogens is 420 g/mol. The maximum absolute atomic E-state index is 12.6. The lowest BCUT2D eigenvalue weighted by Crippen LogP contribution is -2.18. The molecule has 8 heteroatoms. The second-order valence-electron chi connectivity index (χ2n) is 5.86. The number of nitrogens with one attached hydrogen (secondary N) is 2. The zero-order valence-corrected chi connectivity index (χ0v) is 17.1. The van der Waals surface area contributed by atoms with Gasteiger partial charge < -0.3 is 10.1 Å². The van der Waals surface area contributed by atoms with Gasteiger partial charge in [0.1, 0.15) is 5.75 Å². The molecule has 0 unspecified atom stereocenters. The van der Waals surface area contributed by atoms with Gasteiger partial charge in [-0.3, -0.25) is 9.52 Å². The molecule has 0 aliphatic heterocycles. The molecule has 2 aromatic rings. The zero-order valence-electron chi connectivity index (χ0n) is 14.7. The molecule has 0 aliphatic carbocycles. The van der Waals surface area contributed by atoms with Crippen LogP contribution in [0.3, 0.4) is 0 Å². The van der Waals surface area contributed by atoms with Crippen molar-refractivity contribution in [3.8, 4) is 5.75 Å². The molecule has 0 bridgehead atoms. The number of ether oxygens (including phenoxy) is 1. The molecule has 0 radical (unpaired) electrons. The second-order valence-corrected chi connectivity index (χ2v) is 8.39. The molecule has 0 heterocycles. The normalized spacial score (nSPS) is 11.3. The molecule has 0 fully saturated rings. The Hall–Kier alpha value is -2.06. The first-order chi connectivity index (χ1) is 12.2. The second kappa shape index (κ2) is 8.55. The van der Waals surface area contributed by atoms with Crippen molar-refractivity contribution < 1.29 is 17.9 Å². The van der Waals surface area contributed by atoms with E-state index in [2.05, 4.69) is 26.0 Å². The topological polar surface area (TPSA) is 84.5 Å². The van der Waals surface area contributed by atoms with Crippen LogP contribution in [0.2, 0.25) is 0 Å². The van der Waals surface area contributed by atoms with Crippen molar-refractivity contribution in [2.75, 3.05) is 16.6 Å². The van der Waals surface area contributed by atoms with Gasteiger partial charge >= 0.3 is 0 Å². The summed E-state index contributed by atoms with van der Waals surface area (Å²) >= 11 is 3.36. The Morgan fingerprint density at radius 2 is 1.88 bits per heavy atom. The van der Waals surface area contributed by atoms with Gasteiger partial charge in [0.05, 0.1) is 21.7 Å². The van der Waals surface area contributed by atoms with Gasteiger partial charge in [-0.25, -0.2) is 8.42 Å². The Morgan fingerprint density at radius 3 is 2.50 bits per heavy atom. The molecule has 0 saturated heterocycles. The molecule has 6 nitrogen and oxygen atoms in total. The first-order valence-corrected chi connectivity index (χ1v) is 10.4. The van der Waals surface area contributed by atoms with E-state index in [1.54, 1.807) is 44.2 Å². The highest BCUT2D eigenvalue weighted by Gasteiger charge is 2.16. The van der Waals surface area contributed by atoms with Crippen LogP contribution in [0.15, 0.2) is 51.8 Å². The summed E-state index contributed by atoms with van der Waals surface area (Å²) in [7, 11) is -3.80. The molecule has 0 aliphatic rings. The molecule has 2 rings (SSSR count). The molecule has 0 spiro atoms. The summed E-state index contributed by atoms with van der Waals surface area (Å²) in [5.41, 5.74) is 0.830. The van der Waals surface area contributed by atoms with E-state index in [4.69, 9.17) is 4.74 Å². The minimum atomic E-state index is -3.80. The van der Waals surface area contributed by atoms with Crippen LogP contribution in [0.25, 0.3) is 0 Å². The molecule has 0 atom stereocenters. The summed E-state index contributed by atoms with van der Waals surface area (Å²) in [6, 6.07) is 11.1. The fourth-order valence-corrected chi connectivity index (χ4v) is 3.67. The highest BCUT2D eigenvalue weighted by atomic mass is 79.9. The maximum atomic E-state index is 12.6. The van der Waals surface area contributed by atoms with E-state index in [1.165, 1.54) is 12.1 Å². The molecule has 26 heavy (non-hydrogen) atoms. The Bertz CT molecular complexity index is 898. The summed E-state index contributed by atoms with van der Waals surface area (Å²) in [4.78, 5) is 11.9. The van der Waals surface area contributed by atoms with E-state index >= 15 is 0 Å². The lowest BCUT2D eigenvalue weighted by atomic mass is 10.2. The number of amides is 1. The largest absolute Gasteiger partial charge is 0.493 e. The van der Waals surface area contributed by atoms with Gasteiger partial charge in [-0.1, -0.05) is 19.9 Å². The summed E-state index contributed by atoms with van der Waals surface area (Å²) in [5, 5.41) is 2.69. The lowest BCUT2D eigenvalue weighted by molar-refractivity contribution is -0.118. The van der Waals surface area contributed by atoms with Crippen molar-refractivity contribution in [1.29, 1.82) is 0 Å². The molecule has 1 amide bonds. The van der Waals surface area contributed by atoms with Gasteiger partial charge in [-0.2, -0.15) is 0 Å². The molecule has 0 aromatic heterocycles. The summed E-state index contributed by atoms with van der Waals surface area (Å²) < 4.78 is 33.8. The van der Waals surface area contributed by atoms with Crippen LogP contribution in [0, 0.1) is 5.92 Å². The average molecular weight is 441 g/mol. The van der Waals surface area contributed by atoms with Crippen molar-refractivity contribution in [2.24, 2.45) is 5.92 Å².